The molecule has 3 aromatic rings. The average molecular weight is 352 g/mol. The van der Waals surface area contributed by atoms with Gasteiger partial charge in [-0.05, 0) is 19.8 Å². The first-order chi connectivity index (χ1) is 12.8. The van der Waals surface area contributed by atoms with Gasteiger partial charge >= 0.3 is 0 Å². The number of ether oxygens (including phenoxy) is 1. The van der Waals surface area contributed by atoms with Crippen molar-refractivity contribution in [1.82, 2.24) is 34.3 Å². The molecular formula is C17H20N8O. The minimum Gasteiger partial charge on any atom is -0.379 e. The van der Waals surface area contributed by atoms with E-state index in [1.807, 2.05) is 22.3 Å². The molecule has 0 N–H and O–H groups in total. The highest BCUT2D eigenvalue weighted by molar-refractivity contribution is 5.65. The van der Waals surface area contributed by atoms with E-state index in [4.69, 9.17) is 14.7 Å². The summed E-state index contributed by atoms with van der Waals surface area (Å²) >= 11 is 0. The van der Waals surface area contributed by atoms with E-state index >= 15 is 0 Å². The molecule has 0 saturated carbocycles. The molecule has 5 rings (SSSR count). The van der Waals surface area contributed by atoms with Crippen LogP contribution in [0.25, 0.3) is 11.6 Å². The van der Waals surface area contributed by atoms with Crippen molar-refractivity contribution in [3.05, 3.63) is 36.6 Å². The highest BCUT2D eigenvalue weighted by atomic mass is 16.5. The van der Waals surface area contributed by atoms with Crippen molar-refractivity contribution in [2.24, 2.45) is 0 Å². The fourth-order valence-corrected chi connectivity index (χ4v) is 3.96. The summed E-state index contributed by atoms with van der Waals surface area (Å²) in [6.45, 7) is 5.65. The van der Waals surface area contributed by atoms with E-state index in [0.717, 1.165) is 42.5 Å². The van der Waals surface area contributed by atoms with Gasteiger partial charge in [0, 0.05) is 19.0 Å². The summed E-state index contributed by atoms with van der Waals surface area (Å²) < 4.78 is 9.54. The summed E-state index contributed by atoms with van der Waals surface area (Å²) in [5, 5.41) is 8.56. The molecule has 0 amide bonds. The SMILES string of the molecule is CC[C@@H]1c2nncn2-c2c(C)nc(-n3ccnc3)nc2N1C1CCOC1. The van der Waals surface area contributed by atoms with E-state index in [1.54, 1.807) is 18.9 Å². The van der Waals surface area contributed by atoms with Crippen LogP contribution in [0.4, 0.5) is 5.82 Å². The second kappa shape index (κ2) is 5.87. The van der Waals surface area contributed by atoms with E-state index in [-0.39, 0.29) is 12.1 Å². The number of nitrogens with zero attached hydrogens (tertiary/aromatic N) is 8. The van der Waals surface area contributed by atoms with Gasteiger partial charge in [0.05, 0.1) is 24.4 Å². The lowest BCUT2D eigenvalue weighted by Crippen LogP contribution is -2.44. The van der Waals surface area contributed by atoms with Gasteiger partial charge in [-0.1, -0.05) is 6.92 Å². The molecule has 26 heavy (non-hydrogen) atoms. The van der Waals surface area contributed by atoms with E-state index in [1.165, 1.54) is 0 Å². The van der Waals surface area contributed by atoms with Gasteiger partial charge in [-0.15, -0.1) is 10.2 Å². The number of rotatable bonds is 3. The Hall–Kier alpha value is -2.81. The summed E-state index contributed by atoms with van der Waals surface area (Å²) in [5.41, 5.74) is 1.84. The quantitative estimate of drug-likeness (QED) is 0.708. The predicted molar refractivity (Wildman–Crippen MR) is 93.5 cm³/mol. The number of aryl methyl sites for hydroxylation is 1. The van der Waals surface area contributed by atoms with Crippen LogP contribution in [0.2, 0.25) is 0 Å². The Bertz CT molecular complexity index is 928. The van der Waals surface area contributed by atoms with Crippen LogP contribution in [0, 0.1) is 6.92 Å². The number of imidazole rings is 1. The minimum atomic E-state index is 0.113. The zero-order valence-corrected chi connectivity index (χ0v) is 14.8. The molecule has 1 unspecified atom stereocenters. The molecule has 134 valence electrons. The molecule has 2 atom stereocenters. The van der Waals surface area contributed by atoms with Gasteiger partial charge in [-0.3, -0.25) is 9.13 Å². The molecular weight excluding hydrogens is 332 g/mol. The Morgan fingerprint density at radius 1 is 1.27 bits per heavy atom. The highest BCUT2D eigenvalue weighted by Gasteiger charge is 2.39. The average Bonchev–Trinajstić information content (AvgIpc) is 3.41. The Balaban J connectivity index is 1.75. The fourth-order valence-electron chi connectivity index (χ4n) is 3.96. The topological polar surface area (TPSA) is 86.8 Å². The Morgan fingerprint density at radius 3 is 2.92 bits per heavy atom. The van der Waals surface area contributed by atoms with E-state index in [0.29, 0.717) is 12.6 Å². The molecule has 0 aliphatic carbocycles. The highest BCUT2D eigenvalue weighted by Crippen LogP contribution is 2.41. The predicted octanol–water partition coefficient (Wildman–Crippen LogP) is 1.61. The summed E-state index contributed by atoms with van der Waals surface area (Å²) in [6, 6.07) is 0.385. The summed E-state index contributed by atoms with van der Waals surface area (Å²) in [4.78, 5) is 16.1. The monoisotopic (exact) mass is 352 g/mol. The van der Waals surface area contributed by atoms with Crippen LogP contribution in [0.15, 0.2) is 25.0 Å². The van der Waals surface area contributed by atoms with Gasteiger partial charge in [0.1, 0.15) is 18.3 Å². The fraction of sp³-hybridized carbons (Fsp3) is 0.471. The maximum absolute atomic E-state index is 5.68. The molecule has 1 saturated heterocycles. The maximum atomic E-state index is 5.68. The van der Waals surface area contributed by atoms with Crippen LogP contribution in [-0.4, -0.2) is 53.5 Å². The van der Waals surface area contributed by atoms with Gasteiger partial charge in [0.15, 0.2) is 11.6 Å². The van der Waals surface area contributed by atoms with Crippen LogP contribution >= 0.6 is 0 Å². The molecule has 0 aromatic carbocycles. The van der Waals surface area contributed by atoms with Crippen LogP contribution in [0.1, 0.15) is 37.3 Å². The van der Waals surface area contributed by atoms with Crippen molar-refractivity contribution in [3.63, 3.8) is 0 Å². The first kappa shape index (κ1) is 15.4. The van der Waals surface area contributed by atoms with E-state index in [2.05, 4.69) is 27.0 Å². The third-order valence-corrected chi connectivity index (χ3v) is 5.14. The van der Waals surface area contributed by atoms with E-state index in [9.17, 15) is 0 Å². The molecule has 3 aromatic heterocycles. The van der Waals surface area contributed by atoms with Gasteiger partial charge in [0.2, 0.25) is 5.95 Å². The van der Waals surface area contributed by atoms with Crippen LogP contribution in [-0.2, 0) is 4.74 Å². The zero-order valence-electron chi connectivity index (χ0n) is 14.8. The summed E-state index contributed by atoms with van der Waals surface area (Å²) in [6.07, 6.45) is 8.95. The maximum Gasteiger partial charge on any atom is 0.237 e. The first-order valence-corrected chi connectivity index (χ1v) is 8.91. The molecule has 5 heterocycles. The van der Waals surface area contributed by atoms with Crippen LogP contribution in [0.3, 0.4) is 0 Å². The molecule has 0 radical (unpaired) electrons. The minimum absolute atomic E-state index is 0.113. The number of fused-ring (bicyclic) bond motifs is 3. The van der Waals surface area contributed by atoms with Crippen LogP contribution in [0.5, 0.6) is 0 Å². The van der Waals surface area contributed by atoms with Gasteiger partial charge in [-0.2, -0.15) is 4.98 Å². The lowest BCUT2D eigenvalue weighted by atomic mass is 10.0. The van der Waals surface area contributed by atoms with Crippen LogP contribution < -0.4 is 4.90 Å². The third-order valence-electron chi connectivity index (χ3n) is 5.14. The van der Waals surface area contributed by atoms with Gasteiger partial charge in [0.25, 0.3) is 0 Å². The second-order valence-corrected chi connectivity index (χ2v) is 6.66. The second-order valence-electron chi connectivity index (χ2n) is 6.66. The van der Waals surface area contributed by atoms with Crippen molar-refractivity contribution in [3.8, 4) is 11.6 Å². The molecule has 2 aliphatic heterocycles. The number of hydrogen-bond donors (Lipinski definition) is 0. The first-order valence-electron chi connectivity index (χ1n) is 8.91. The Morgan fingerprint density at radius 2 is 2.19 bits per heavy atom. The van der Waals surface area contributed by atoms with Crippen molar-refractivity contribution in [1.29, 1.82) is 0 Å². The van der Waals surface area contributed by atoms with Gasteiger partial charge in [-0.25, -0.2) is 9.97 Å². The smallest absolute Gasteiger partial charge is 0.237 e. The standard InChI is InChI=1S/C17H20N8O/c1-3-13-15-22-19-10-24(15)14-11(2)20-17(23-6-5-18-9-23)21-16(14)25(13)12-4-7-26-8-12/h5-6,9-10,12-13H,3-4,7-8H2,1-2H3/t12?,13-/m1/s1. The third kappa shape index (κ3) is 2.16. The number of anilines is 1. The van der Waals surface area contributed by atoms with E-state index < -0.39 is 0 Å². The summed E-state index contributed by atoms with van der Waals surface area (Å²) in [7, 11) is 0. The molecule has 0 bridgehead atoms. The van der Waals surface area contributed by atoms with Crippen molar-refractivity contribution >= 4 is 5.82 Å². The summed E-state index contributed by atoms with van der Waals surface area (Å²) in [5.74, 6) is 2.47. The molecule has 9 heteroatoms. The number of hydrogen-bond acceptors (Lipinski definition) is 7. The van der Waals surface area contributed by atoms with Crippen molar-refractivity contribution in [2.75, 3.05) is 18.1 Å². The zero-order chi connectivity index (χ0) is 17.7. The lowest BCUT2D eigenvalue weighted by Gasteiger charge is -2.40. The molecule has 1 fully saturated rings. The molecule has 0 spiro atoms. The number of aromatic nitrogens is 7. The lowest BCUT2D eigenvalue weighted by molar-refractivity contribution is 0.191. The molecule has 9 nitrogen and oxygen atoms in total. The Kier molecular flexibility index (Phi) is 3.49. The van der Waals surface area contributed by atoms with Crippen molar-refractivity contribution in [2.45, 2.75) is 38.8 Å². The largest absolute Gasteiger partial charge is 0.379 e. The van der Waals surface area contributed by atoms with Crippen molar-refractivity contribution < 1.29 is 4.74 Å². The molecule has 2 aliphatic rings. The Labute approximate surface area is 150 Å². The van der Waals surface area contributed by atoms with Gasteiger partial charge < -0.3 is 9.64 Å². The normalized spacial score (nSPS) is 21.7.